The molecule has 1 aliphatic rings. The van der Waals surface area contributed by atoms with Crippen LogP contribution in [0.4, 0.5) is 0 Å². The molecule has 6 heteroatoms. The van der Waals surface area contributed by atoms with Gasteiger partial charge < -0.3 is 14.2 Å². The van der Waals surface area contributed by atoms with Gasteiger partial charge in [-0.2, -0.15) is 0 Å². The van der Waals surface area contributed by atoms with Crippen LogP contribution in [0.25, 0.3) is 0 Å². The largest absolute Gasteiger partial charge is 0.464 e. The van der Waals surface area contributed by atoms with Crippen molar-refractivity contribution in [2.24, 2.45) is 0 Å². The molecule has 0 fully saturated rings. The van der Waals surface area contributed by atoms with Crippen molar-refractivity contribution in [3.63, 3.8) is 0 Å². The monoisotopic (exact) mass is 287 g/mol. The second-order valence-corrected chi connectivity index (χ2v) is 4.19. The predicted molar refractivity (Wildman–Crippen MR) is 58.7 cm³/mol. The molecule has 0 N–H and O–H groups in total. The van der Waals surface area contributed by atoms with E-state index in [-0.39, 0.29) is 10.5 Å². The molecule has 0 bridgehead atoms. The molecular weight excluding hydrogens is 278 g/mol. The fourth-order valence-electron chi connectivity index (χ4n) is 1.46. The average molecular weight is 288 g/mol. The molecular formula is C10H10BrNO4. The summed E-state index contributed by atoms with van der Waals surface area (Å²) in [5.41, 5.74) is 1.08. The van der Waals surface area contributed by atoms with E-state index in [2.05, 4.69) is 25.7 Å². The lowest BCUT2D eigenvalue weighted by molar-refractivity contribution is -0.0396. The van der Waals surface area contributed by atoms with Gasteiger partial charge in [0.2, 0.25) is 12.2 Å². The highest BCUT2D eigenvalue weighted by Gasteiger charge is 2.34. The summed E-state index contributed by atoms with van der Waals surface area (Å²) in [4.78, 5) is 15.3. The summed E-state index contributed by atoms with van der Waals surface area (Å²) in [5.74, 6) is -0.0879. The number of esters is 1. The standard InChI is InChI=1S/C10H10BrNO4/c1-14-9(13)6-4-3-5-7(11)10(15-2)16-8(5)12-6/h3-4,7,10H,1-2H3/t7-,10-/m1/s1. The lowest BCUT2D eigenvalue weighted by Crippen LogP contribution is -2.17. The van der Waals surface area contributed by atoms with E-state index >= 15 is 0 Å². The number of aromatic nitrogens is 1. The van der Waals surface area contributed by atoms with Gasteiger partial charge in [0.05, 0.1) is 7.11 Å². The molecule has 16 heavy (non-hydrogen) atoms. The Hall–Kier alpha value is -1.14. The van der Waals surface area contributed by atoms with Gasteiger partial charge in [-0.15, -0.1) is 0 Å². The maximum Gasteiger partial charge on any atom is 0.356 e. The Labute approximate surface area is 101 Å². The molecule has 0 aromatic carbocycles. The molecule has 0 saturated carbocycles. The summed E-state index contributed by atoms with van der Waals surface area (Å²) in [7, 11) is 2.86. The number of fused-ring (bicyclic) bond motifs is 1. The van der Waals surface area contributed by atoms with Crippen molar-refractivity contribution in [1.29, 1.82) is 0 Å². The zero-order chi connectivity index (χ0) is 11.7. The first-order valence-corrected chi connectivity index (χ1v) is 5.51. The van der Waals surface area contributed by atoms with Crippen LogP contribution in [0.15, 0.2) is 12.1 Å². The first-order valence-electron chi connectivity index (χ1n) is 4.60. The number of hydrogen-bond donors (Lipinski definition) is 0. The molecule has 2 atom stereocenters. The smallest absolute Gasteiger partial charge is 0.356 e. The van der Waals surface area contributed by atoms with Gasteiger partial charge in [-0.25, -0.2) is 9.78 Å². The molecule has 0 spiro atoms. The zero-order valence-corrected chi connectivity index (χ0v) is 10.4. The van der Waals surface area contributed by atoms with E-state index in [1.54, 1.807) is 19.2 Å². The molecule has 1 aromatic heterocycles. The van der Waals surface area contributed by atoms with Gasteiger partial charge in [0, 0.05) is 12.7 Å². The van der Waals surface area contributed by atoms with Crippen LogP contribution in [0.3, 0.4) is 0 Å². The molecule has 0 radical (unpaired) electrons. The van der Waals surface area contributed by atoms with E-state index < -0.39 is 12.3 Å². The van der Waals surface area contributed by atoms with E-state index in [0.29, 0.717) is 5.88 Å². The molecule has 1 aromatic rings. The third-order valence-corrected chi connectivity index (χ3v) is 3.21. The Morgan fingerprint density at radius 2 is 2.25 bits per heavy atom. The molecule has 2 heterocycles. The summed E-state index contributed by atoms with van der Waals surface area (Å²) in [5, 5.41) is 0. The first kappa shape index (κ1) is 11.3. The van der Waals surface area contributed by atoms with Gasteiger partial charge in [0.1, 0.15) is 4.83 Å². The maximum absolute atomic E-state index is 11.3. The van der Waals surface area contributed by atoms with E-state index in [1.807, 2.05) is 0 Å². The Kier molecular flexibility index (Phi) is 3.11. The third-order valence-electron chi connectivity index (χ3n) is 2.28. The number of hydrogen-bond acceptors (Lipinski definition) is 5. The van der Waals surface area contributed by atoms with E-state index in [0.717, 1.165) is 5.56 Å². The van der Waals surface area contributed by atoms with Gasteiger partial charge in [0.25, 0.3) is 0 Å². The van der Waals surface area contributed by atoms with Crippen LogP contribution < -0.4 is 4.74 Å². The van der Waals surface area contributed by atoms with Crippen molar-refractivity contribution in [1.82, 2.24) is 4.98 Å². The van der Waals surface area contributed by atoms with E-state index in [1.165, 1.54) is 7.11 Å². The number of rotatable bonds is 2. The number of carbonyl (C=O) groups is 1. The summed E-state index contributed by atoms with van der Waals surface area (Å²) >= 11 is 3.44. The van der Waals surface area contributed by atoms with Gasteiger partial charge >= 0.3 is 5.97 Å². The minimum atomic E-state index is -0.488. The second kappa shape index (κ2) is 4.39. The average Bonchev–Trinajstić information content (AvgIpc) is 2.64. The molecule has 1 aliphatic heterocycles. The van der Waals surface area contributed by atoms with Crippen molar-refractivity contribution in [3.05, 3.63) is 23.4 Å². The number of nitrogens with zero attached hydrogens (tertiary/aromatic N) is 1. The Bertz CT molecular complexity index is 423. The molecule has 0 amide bonds. The Morgan fingerprint density at radius 1 is 1.50 bits per heavy atom. The number of halogens is 1. The fourth-order valence-corrected chi connectivity index (χ4v) is 2.13. The molecule has 86 valence electrons. The van der Waals surface area contributed by atoms with Crippen LogP contribution in [0, 0.1) is 0 Å². The predicted octanol–water partition coefficient (Wildman–Crippen LogP) is 1.67. The minimum Gasteiger partial charge on any atom is -0.464 e. The van der Waals surface area contributed by atoms with Crippen molar-refractivity contribution in [3.8, 4) is 5.88 Å². The quantitative estimate of drug-likeness (QED) is 0.612. The molecule has 0 saturated heterocycles. The minimum absolute atomic E-state index is 0.0771. The highest BCUT2D eigenvalue weighted by atomic mass is 79.9. The maximum atomic E-state index is 11.3. The van der Waals surface area contributed by atoms with Crippen LogP contribution in [-0.4, -0.2) is 31.5 Å². The summed E-state index contributed by atoms with van der Waals surface area (Å²) in [6, 6.07) is 3.37. The van der Waals surface area contributed by atoms with Crippen LogP contribution in [0.1, 0.15) is 20.9 Å². The normalized spacial score (nSPS) is 22.4. The van der Waals surface area contributed by atoms with Crippen molar-refractivity contribution in [2.75, 3.05) is 14.2 Å². The van der Waals surface area contributed by atoms with E-state index in [9.17, 15) is 4.79 Å². The third kappa shape index (κ3) is 1.78. The second-order valence-electron chi connectivity index (χ2n) is 3.21. The van der Waals surface area contributed by atoms with Crippen LogP contribution in [-0.2, 0) is 9.47 Å². The summed E-state index contributed by atoms with van der Waals surface area (Å²) in [6.45, 7) is 0. The molecule has 0 unspecified atom stereocenters. The Morgan fingerprint density at radius 3 is 2.88 bits per heavy atom. The van der Waals surface area contributed by atoms with Gasteiger partial charge in [-0.05, 0) is 12.1 Å². The van der Waals surface area contributed by atoms with Gasteiger partial charge in [0.15, 0.2) is 5.69 Å². The number of pyridine rings is 1. The number of ether oxygens (including phenoxy) is 3. The van der Waals surface area contributed by atoms with Crippen LogP contribution >= 0.6 is 15.9 Å². The van der Waals surface area contributed by atoms with Crippen LogP contribution in [0.5, 0.6) is 5.88 Å². The molecule has 2 rings (SSSR count). The Balaban J connectivity index is 2.33. The lowest BCUT2D eigenvalue weighted by atomic mass is 10.2. The summed E-state index contributed by atoms with van der Waals surface area (Å²) < 4.78 is 15.1. The molecule has 0 aliphatic carbocycles. The topological polar surface area (TPSA) is 57.7 Å². The van der Waals surface area contributed by atoms with Crippen LogP contribution in [0.2, 0.25) is 0 Å². The highest BCUT2D eigenvalue weighted by molar-refractivity contribution is 9.09. The SMILES string of the molecule is COC(=O)c1ccc2c(n1)O[C@@H](OC)[C@@H]2Br. The first-order chi connectivity index (χ1) is 7.67. The van der Waals surface area contributed by atoms with Crippen molar-refractivity contribution < 1.29 is 19.0 Å². The van der Waals surface area contributed by atoms with Gasteiger partial charge in [-0.3, -0.25) is 0 Å². The van der Waals surface area contributed by atoms with Crippen molar-refractivity contribution >= 4 is 21.9 Å². The lowest BCUT2D eigenvalue weighted by Gasteiger charge is -2.10. The van der Waals surface area contributed by atoms with Crippen molar-refractivity contribution in [2.45, 2.75) is 11.1 Å². The van der Waals surface area contributed by atoms with E-state index in [4.69, 9.17) is 9.47 Å². The number of methoxy groups -OCH3 is 2. The number of alkyl halides is 1. The fraction of sp³-hybridized carbons (Fsp3) is 0.400. The molecule has 5 nitrogen and oxygen atoms in total. The van der Waals surface area contributed by atoms with Gasteiger partial charge in [-0.1, -0.05) is 15.9 Å². The zero-order valence-electron chi connectivity index (χ0n) is 8.77. The highest BCUT2D eigenvalue weighted by Crippen LogP contribution is 2.41. The number of carbonyl (C=O) groups excluding carboxylic acids is 1. The summed E-state index contributed by atoms with van der Waals surface area (Å²) in [6.07, 6.45) is -0.421.